The Balaban J connectivity index is 4.01. The lowest BCUT2D eigenvalue weighted by molar-refractivity contribution is -0.131. The second-order valence-electron chi connectivity index (χ2n) is 3.70. The maximum absolute atomic E-state index is 10.2. The largest absolute Gasteiger partial charge is 0.478 e. The van der Waals surface area contributed by atoms with Crippen LogP contribution in [0.4, 0.5) is 0 Å². The highest BCUT2D eigenvalue weighted by atomic mass is 16.4. The fourth-order valence-electron chi connectivity index (χ4n) is 1.32. The number of rotatable bonds is 6. The SMILES string of the molecule is CCCCC(C)/C=C(C)/C=C/C(=O)O. The Labute approximate surface area is 86.3 Å². The van der Waals surface area contributed by atoms with Crippen molar-refractivity contribution < 1.29 is 9.90 Å². The van der Waals surface area contributed by atoms with Crippen molar-refractivity contribution in [3.63, 3.8) is 0 Å². The molecule has 14 heavy (non-hydrogen) atoms. The van der Waals surface area contributed by atoms with E-state index in [0.29, 0.717) is 5.92 Å². The van der Waals surface area contributed by atoms with Crippen molar-refractivity contribution in [1.82, 2.24) is 0 Å². The van der Waals surface area contributed by atoms with E-state index in [1.807, 2.05) is 6.92 Å². The number of carboxylic acids is 1. The molecule has 0 amide bonds. The van der Waals surface area contributed by atoms with Crippen LogP contribution in [0.25, 0.3) is 0 Å². The van der Waals surface area contributed by atoms with Gasteiger partial charge >= 0.3 is 5.97 Å². The first-order valence-corrected chi connectivity index (χ1v) is 5.15. The highest BCUT2D eigenvalue weighted by molar-refractivity contribution is 5.80. The van der Waals surface area contributed by atoms with Crippen LogP contribution in [0.15, 0.2) is 23.8 Å². The van der Waals surface area contributed by atoms with Crippen molar-refractivity contribution in [3.05, 3.63) is 23.8 Å². The third-order valence-corrected chi connectivity index (χ3v) is 2.05. The van der Waals surface area contributed by atoms with Crippen LogP contribution in [-0.4, -0.2) is 11.1 Å². The second kappa shape index (κ2) is 7.36. The molecule has 0 aromatic heterocycles. The highest BCUT2D eigenvalue weighted by Crippen LogP contribution is 2.11. The maximum atomic E-state index is 10.2. The van der Waals surface area contributed by atoms with Crippen LogP contribution in [0.3, 0.4) is 0 Å². The van der Waals surface area contributed by atoms with Gasteiger partial charge in [-0.2, -0.15) is 0 Å². The first kappa shape index (κ1) is 12.9. The number of aliphatic carboxylic acids is 1. The lowest BCUT2D eigenvalue weighted by atomic mass is 10.0. The Kier molecular flexibility index (Phi) is 6.81. The van der Waals surface area contributed by atoms with E-state index in [2.05, 4.69) is 19.9 Å². The number of hydrogen-bond acceptors (Lipinski definition) is 1. The zero-order valence-corrected chi connectivity index (χ0v) is 9.29. The molecule has 0 aromatic rings. The minimum atomic E-state index is -0.890. The predicted octanol–water partition coefficient (Wildman–Crippen LogP) is 3.40. The molecule has 0 saturated heterocycles. The van der Waals surface area contributed by atoms with Gasteiger partial charge in [0.05, 0.1) is 0 Å². The van der Waals surface area contributed by atoms with E-state index in [-0.39, 0.29) is 0 Å². The molecule has 0 radical (unpaired) electrons. The van der Waals surface area contributed by atoms with Crippen LogP contribution in [0.5, 0.6) is 0 Å². The predicted molar refractivity (Wildman–Crippen MR) is 59.2 cm³/mol. The summed E-state index contributed by atoms with van der Waals surface area (Å²) in [6.45, 7) is 6.27. The first-order chi connectivity index (χ1) is 6.56. The van der Waals surface area contributed by atoms with Crippen molar-refractivity contribution in [1.29, 1.82) is 0 Å². The normalized spacial score (nSPS) is 14.6. The molecule has 0 heterocycles. The van der Waals surface area contributed by atoms with Gasteiger partial charge in [-0.25, -0.2) is 4.79 Å². The summed E-state index contributed by atoms with van der Waals surface area (Å²) >= 11 is 0. The van der Waals surface area contributed by atoms with E-state index in [1.165, 1.54) is 25.3 Å². The number of carboxylic acid groups (broad SMARTS) is 1. The second-order valence-corrected chi connectivity index (χ2v) is 3.70. The Bertz CT molecular complexity index is 226. The molecule has 0 bridgehead atoms. The molecule has 0 aliphatic carbocycles. The van der Waals surface area contributed by atoms with Gasteiger partial charge in [-0.1, -0.05) is 44.4 Å². The topological polar surface area (TPSA) is 37.3 Å². The van der Waals surface area contributed by atoms with Gasteiger partial charge in [-0.3, -0.25) is 0 Å². The van der Waals surface area contributed by atoms with E-state index in [0.717, 1.165) is 5.57 Å². The summed E-state index contributed by atoms with van der Waals surface area (Å²) < 4.78 is 0. The third kappa shape index (κ3) is 7.59. The number of allylic oxidation sites excluding steroid dienone is 3. The zero-order valence-electron chi connectivity index (χ0n) is 9.29. The van der Waals surface area contributed by atoms with E-state index < -0.39 is 5.97 Å². The number of unbranched alkanes of at least 4 members (excludes halogenated alkanes) is 1. The molecule has 0 aromatic carbocycles. The quantitative estimate of drug-likeness (QED) is 0.522. The maximum Gasteiger partial charge on any atom is 0.328 e. The van der Waals surface area contributed by atoms with Gasteiger partial charge in [0, 0.05) is 6.08 Å². The molecule has 1 atom stereocenters. The van der Waals surface area contributed by atoms with E-state index >= 15 is 0 Å². The van der Waals surface area contributed by atoms with Crippen molar-refractivity contribution in [2.75, 3.05) is 0 Å². The lowest BCUT2D eigenvalue weighted by Crippen LogP contribution is -1.91. The molecule has 0 fully saturated rings. The summed E-state index contributed by atoms with van der Waals surface area (Å²) in [6.07, 6.45) is 8.56. The molecule has 0 aliphatic heterocycles. The van der Waals surface area contributed by atoms with E-state index in [4.69, 9.17) is 5.11 Å². The minimum absolute atomic E-state index is 0.536. The third-order valence-electron chi connectivity index (χ3n) is 2.05. The van der Waals surface area contributed by atoms with Crippen LogP contribution in [-0.2, 0) is 4.79 Å². The van der Waals surface area contributed by atoms with Crippen LogP contribution < -0.4 is 0 Å². The molecule has 1 unspecified atom stereocenters. The van der Waals surface area contributed by atoms with E-state index in [9.17, 15) is 4.79 Å². The van der Waals surface area contributed by atoms with Gasteiger partial charge in [-0.05, 0) is 19.3 Å². The molecule has 0 spiro atoms. The Morgan fingerprint density at radius 1 is 1.43 bits per heavy atom. The molecular formula is C12H20O2. The van der Waals surface area contributed by atoms with Crippen molar-refractivity contribution in [2.45, 2.75) is 40.0 Å². The fourth-order valence-corrected chi connectivity index (χ4v) is 1.32. The summed E-state index contributed by atoms with van der Waals surface area (Å²) in [5.74, 6) is -0.354. The van der Waals surface area contributed by atoms with Gasteiger partial charge in [-0.15, -0.1) is 0 Å². The monoisotopic (exact) mass is 196 g/mol. The van der Waals surface area contributed by atoms with Gasteiger partial charge < -0.3 is 5.11 Å². The van der Waals surface area contributed by atoms with Crippen LogP contribution in [0.2, 0.25) is 0 Å². The van der Waals surface area contributed by atoms with Crippen LogP contribution >= 0.6 is 0 Å². The average molecular weight is 196 g/mol. The van der Waals surface area contributed by atoms with Gasteiger partial charge in [0.1, 0.15) is 0 Å². The van der Waals surface area contributed by atoms with Crippen molar-refractivity contribution in [3.8, 4) is 0 Å². The van der Waals surface area contributed by atoms with Gasteiger partial charge in [0.2, 0.25) is 0 Å². The summed E-state index contributed by atoms with van der Waals surface area (Å²) in [5.41, 5.74) is 1.02. The minimum Gasteiger partial charge on any atom is -0.478 e. The lowest BCUT2D eigenvalue weighted by Gasteiger charge is -2.05. The van der Waals surface area contributed by atoms with Gasteiger partial charge in [0.15, 0.2) is 0 Å². The Morgan fingerprint density at radius 3 is 2.57 bits per heavy atom. The summed E-state index contributed by atoms with van der Waals surface area (Å²) in [4.78, 5) is 10.2. The molecule has 80 valence electrons. The highest BCUT2D eigenvalue weighted by Gasteiger charge is 1.97. The average Bonchev–Trinajstić information content (AvgIpc) is 2.11. The van der Waals surface area contributed by atoms with Gasteiger partial charge in [0.25, 0.3) is 0 Å². The molecule has 0 saturated carbocycles. The van der Waals surface area contributed by atoms with Crippen LogP contribution in [0, 0.1) is 5.92 Å². The smallest absolute Gasteiger partial charge is 0.328 e. The molecule has 1 N–H and O–H groups in total. The van der Waals surface area contributed by atoms with Crippen molar-refractivity contribution >= 4 is 5.97 Å². The van der Waals surface area contributed by atoms with Crippen molar-refractivity contribution in [2.24, 2.45) is 5.92 Å². The molecular weight excluding hydrogens is 176 g/mol. The number of hydrogen-bond donors (Lipinski definition) is 1. The fraction of sp³-hybridized carbons (Fsp3) is 0.583. The Hall–Kier alpha value is -1.05. The molecule has 0 rings (SSSR count). The summed E-state index contributed by atoms with van der Waals surface area (Å²) in [6, 6.07) is 0. The van der Waals surface area contributed by atoms with E-state index in [1.54, 1.807) is 6.08 Å². The summed E-state index contributed by atoms with van der Waals surface area (Å²) in [7, 11) is 0. The molecule has 2 heteroatoms. The Morgan fingerprint density at radius 2 is 2.07 bits per heavy atom. The standard InChI is InChI=1S/C12H20O2/c1-4-5-6-10(2)9-11(3)7-8-12(13)14/h7-10H,4-6H2,1-3H3,(H,13,14)/b8-7+,11-9+. The summed E-state index contributed by atoms with van der Waals surface area (Å²) in [5, 5.41) is 8.42. The number of carbonyl (C=O) groups is 1. The molecule has 0 aliphatic rings. The molecule has 2 nitrogen and oxygen atoms in total. The first-order valence-electron chi connectivity index (χ1n) is 5.15. The van der Waals surface area contributed by atoms with Crippen LogP contribution in [0.1, 0.15) is 40.0 Å². The zero-order chi connectivity index (χ0) is 11.0.